The first-order valence-corrected chi connectivity index (χ1v) is 6.78. The van der Waals surface area contributed by atoms with Crippen LogP contribution in [0.4, 0.5) is 17.6 Å². The van der Waals surface area contributed by atoms with Gasteiger partial charge in [-0.25, -0.2) is 27.5 Å². The van der Waals surface area contributed by atoms with Gasteiger partial charge < -0.3 is 5.48 Å². The van der Waals surface area contributed by atoms with E-state index in [1.807, 2.05) is 0 Å². The predicted molar refractivity (Wildman–Crippen MR) is 77.4 cm³/mol. The van der Waals surface area contributed by atoms with E-state index in [2.05, 4.69) is 41.8 Å². The van der Waals surface area contributed by atoms with Crippen LogP contribution < -0.4 is 0 Å². The average molecular weight is 434 g/mol. The number of rotatable bonds is 2. The Labute approximate surface area is 135 Å². The third-order valence-corrected chi connectivity index (χ3v) is 2.94. The summed E-state index contributed by atoms with van der Waals surface area (Å²) < 4.78 is 48.5. The first-order chi connectivity index (χ1) is 9.40. The van der Waals surface area contributed by atoms with Gasteiger partial charge in [-0.05, 0) is 56.1 Å². The Morgan fingerprint density at radius 3 is 1.24 bits per heavy atom. The van der Waals surface area contributed by atoms with Crippen LogP contribution in [0.3, 0.4) is 0 Å². The van der Waals surface area contributed by atoms with Crippen LogP contribution in [0.15, 0.2) is 45.9 Å². The van der Waals surface area contributed by atoms with Crippen molar-refractivity contribution >= 4 is 31.9 Å². The van der Waals surface area contributed by atoms with Gasteiger partial charge in [0.05, 0.1) is 0 Å². The van der Waals surface area contributed by atoms with E-state index >= 15 is 0 Å². The molecule has 9 heteroatoms. The summed E-state index contributed by atoms with van der Waals surface area (Å²) in [6, 6.07) is 5.65. The van der Waals surface area contributed by atoms with Gasteiger partial charge in [-0.2, -0.15) is 0 Å². The zero-order valence-electron chi connectivity index (χ0n) is 10.3. The Morgan fingerprint density at radius 1 is 0.714 bits per heavy atom. The van der Waals surface area contributed by atoms with Gasteiger partial charge in [-0.1, -0.05) is 0 Å². The minimum Gasteiger partial charge on any atom is -0.412 e. The Hall–Kier alpha value is -1.06. The van der Waals surface area contributed by atoms with Crippen LogP contribution in [0, 0.1) is 0 Å². The summed E-state index contributed by atoms with van der Waals surface area (Å²) in [5.74, 6) is 0. The van der Waals surface area contributed by atoms with Crippen molar-refractivity contribution in [3.05, 3.63) is 57.0 Å². The number of hydrogen-bond acceptors (Lipinski definition) is 2. The lowest BCUT2D eigenvalue weighted by Crippen LogP contribution is -1.84. The number of halogens is 6. The van der Waals surface area contributed by atoms with Gasteiger partial charge in [0.25, 0.3) is 12.9 Å². The maximum absolute atomic E-state index is 11.8. The number of nitrogens with zero attached hydrogens (tertiary/aromatic N) is 2. The lowest BCUT2D eigenvalue weighted by Gasteiger charge is -1.96. The molecule has 0 unspecified atom stereocenters. The number of alkyl halides is 4. The van der Waals surface area contributed by atoms with E-state index in [4.69, 9.17) is 0 Å². The van der Waals surface area contributed by atoms with E-state index in [1.165, 1.54) is 24.3 Å². The summed E-state index contributed by atoms with van der Waals surface area (Å²) in [5, 5.41) is 0. The molecule has 0 saturated carbocycles. The molecule has 2 aromatic rings. The molecule has 0 amide bonds. The Morgan fingerprint density at radius 2 is 1.05 bits per heavy atom. The van der Waals surface area contributed by atoms with Crippen molar-refractivity contribution in [1.29, 1.82) is 0 Å². The highest BCUT2D eigenvalue weighted by Gasteiger charge is 2.05. The fraction of sp³-hybridized carbons (Fsp3) is 0.167. The highest BCUT2D eigenvalue weighted by Crippen LogP contribution is 2.19. The number of aromatic nitrogens is 2. The molecule has 0 atom stereocenters. The number of hydrogen-bond donors (Lipinski definition) is 0. The fourth-order valence-corrected chi connectivity index (χ4v) is 1.50. The Bertz CT molecular complexity index is 474. The van der Waals surface area contributed by atoms with Crippen LogP contribution in [0.5, 0.6) is 0 Å². The van der Waals surface area contributed by atoms with Gasteiger partial charge in [-0.15, -0.1) is 0 Å². The summed E-state index contributed by atoms with van der Waals surface area (Å²) in [4.78, 5) is 7.27. The molecule has 21 heavy (non-hydrogen) atoms. The van der Waals surface area contributed by atoms with Crippen molar-refractivity contribution in [1.82, 2.24) is 9.97 Å². The van der Waals surface area contributed by atoms with Gasteiger partial charge in [0, 0.05) is 23.5 Å². The van der Waals surface area contributed by atoms with Gasteiger partial charge in [0.1, 0.15) is 9.21 Å². The molecule has 0 radical (unpaired) electrons. The molecule has 0 aromatic carbocycles. The average Bonchev–Trinajstić information content (AvgIpc) is 2.40. The number of pyridine rings is 2. The molecule has 0 saturated heterocycles. The molecule has 0 fully saturated rings. The van der Waals surface area contributed by atoms with Gasteiger partial charge in [0.2, 0.25) is 0 Å². The second kappa shape index (κ2) is 9.80. The van der Waals surface area contributed by atoms with E-state index < -0.39 is 12.9 Å². The molecule has 3 nitrogen and oxygen atoms in total. The van der Waals surface area contributed by atoms with E-state index in [0.29, 0.717) is 9.21 Å². The second-order valence-electron chi connectivity index (χ2n) is 3.43. The highest BCUT2D eigenvalue weighted by molar-refractivity contribution is 9.10. The summed E-state index contributed by atoms with van der Waals surface area (Å²) in [7, 11) is 0. The first kappa shape index (κ1) is 19.9. The molecule has 0 aliphatic carbocycles. The van der Waals surface area contributed by atoms with Gasteiger partial charge in [0.15, 0.2) is 0 Å². The van der Waals surface area contributed by atoms with Crippen molar-refractivity contribution < 1.29 is 23.0 Å². The molecule has 0 aliphatic heterocycles. The zero-order chi connectivity index (χ0) is 15.1. The molecule has 0 aliphatic rings. The third kappa shape index (κ3) is 7.49. The van der Waals surface area contributed by atoms with Crippen LogP contribution >= 0.6 is 31.9 Å². The Kier molecular flexibility index (Phi) is 9.31. The summed E-state index contributed by atoms with van der Waals surface area (Å²) in [6.45, 7) is 0. The van der Waals surface area contributed by atoms with Crippen LogP contribution in [-0.4, -0.2) is 15.4 Å². The largest absolute Gasteiger partial charge is 0.412 e. The van der Waals surface area contributed by atoms with Gasteiger partial charge >= 0.3 is 0 Å². The van der Waals surface area contributed by atoms with Crippen molar-refractivity contribution in [2.24, 2.45) is 0 Å². The van der Waals surface area contributed by atoms with Crippen LogP contribution in [0.2, 0.25) is 0 Å². The quantitative estimate of drug-likeness (QED) is 0.507. The van der Waals surface area contributed by atoms with Crippen molar-refractivity contribution in [3.63, 3.8) is 0 Å². The molecule has 0 spiro atoms. The molecular formula is C12H10Br2F4N2O. The third-order valence-electron chi connectivity index (χ3n) is 2.00. The maximum Gasteiger partial charge on any atom is 0.265 e. The summed E-state index contributed by atoms with van der Waals surface area (Å²) >= 11 is 6.08. The molecule has 0 bridgehead atoms. The van der Waals surface area contributed by atoms with Crippen LogP contribution in [-0.2, 0) is 0 Å². The molecule has 2 rings (SSSR count). The first-order valence-electron chi connectivity index (χ1n) is 5.19. The molecule has 2 aromatic heterocycles. The van der Waals surface area contributed by atoms with Crippen molar-refractivity contribution in [2.75, 3.05) is 0 Å². The smallest absolute Gasteiger partial charge is 0.265 e. The lowest BCUT2D eigenvalue weighted by atomic mass is 10.3. The van der Waals surface area contributed by atoms with Crippen LogP contribution in [0.1, 0.15) is 24.0 Å². The molecule has 116 valence electrons. The van der Waals surface area contributed by atoms with E-state index in [0.717, 1.165) is 12.4 Å². The lowest BCUT2D eigenvalue weighted by molar-refractivity contribution is 0.150. The summed E-state index contributed by atoms with van der Waals surface area (Å²) in [5.41, 5.74) is -0.105. The minimum atomic E-state index is -2.43. The van der Waals surface area contributed by atoms with Crippen LogP contribution in [0.25, 0.3) is 0 Å². The predicted octanol–water partition coefficient (Wildman–Crippen LogP) is 4.74. The normalized spacial score (nSPS) is 9.90. The minimum absolute atomic E-state index is 0. The second-order valence-corrected chi connectivity index (χ2v) is 5.05. The highest BCUT2D eigenvalue weighted by atomic mass is 79.9. The SMILES string of the molecule is FC(F)c1ccc(Br)nc1.FC(F)c1ccc(Br)nc1.O. The monoisotopic (exact) mass is 432 g/mol. The van der Waals surface area contributed by atoms with Crippen molar-refractivity contribution in [2.45, 2.75) is 12.9 Å². The summed E-state index contributed by atoms with van der Waals surface area (Å²) in [6.07, 6.45) is -2.56. The van der Waals surface area contributed by atoms with Crippen molar-refractivity contribution in [3.8, 4) is 0 Å². The standard InChI is InChI=1S/2C6H4BrF2N.H2O/c2*7-5-2-1-4(3-10-5)6(8)9;/h2*1-3,6H;1H2. The molecule has 2 N–H and O–H groups in total. The topological polar surface area (TPSA) is 57.3 Å². The molecule has 2 heterocycles. The van der Waals surface area contributed by atoms with E-state index in [-0.39, 0.29) is 16.6 Å². The maximum atomic E-state index is 11.8. The fourth-order valence-electron chi connectivity index (χ4n) is 1.03. The zero-order valence-corrected chi connectivity index (χ0v) is 13.5. The van der Waals surface area contributed by atoms with E-state index in [9.17, 15) is 17.6 Å². The molecular weight excluding hydrogens is 424 g/mol. The van der Waals surface area contributed by atoms with Gasteiger partial charge in [-0.3, -0.25) is 0 Å². The van der Waals surface area contributed by atoms with E-state index in [1.54, 1.807) is 0 Å². The Balaban J connectivity index is 0.000000364.